The third kappa shape index (κ3) is 11.8. The van der Waals surface area contributed by atoms with E-state index in [1.807, 2.05) is 0 Å². The van der Waals surface area contributed by atoms with Crippen molar-refractivity contribution >= 4 is 0 Å². The van der Waals surface area contributed by atoms with E-state index in [4.69, 9.17) is 0 Å². The maximum absolute atomic E-state index is 2.44. The zero-order valence-electron chi connectivity index (χ0n) is 16.2. The van der Waals surface area contributed by atoms with E-state index in [1.54, 1.807) is 0 Å². The average Bonchev–Trinajstić information content (AvgIpc) is 2.04. The third-order valence-corrected chi connectivity index (χ3v) is 3.97. The molecule has 0 aromatic heterocycles. The largest absolute Gasteiger partial charge is 0.0602 e. The molecule has 0 heterocycles. The molecular weight excluding hydrogens is 240 g/mol. The smallest absolute Gasteiger partial charge is 0.0349 e. The second-order valence-electron chi connectivity index (χ2n) is 11.0. The van der Waals surface area contributed by atoms with Crippen molar-refractivity contribution < 1.29 is 0 Å². The molecule has 0 atom stereocenters. The lowest BCUT2D eigenvalue weighted by atomic mass is 9.71. The Bertz CT molecular complexity index is 237. The van der Waals surface area contributed by atoms with Crippen molar-refractivity contribution in [3.05, 3.63) is 0 Å². The van der Waals surface area contributed by atoms with E-state index in [2.05, 4.69) is 69.2 Å². The molecule has 0 unspecified atom stereocenters. The minimum absolute atomic E-state index is 0.453. The van der Waals surface area contributed by atoms with E-state index in [0.29, 0.717) is 21.7 Å². The van der Waals surface area contributed by atoms with Crippen molar-refractivity contribution in [2.24, 2.45) is 21.7 Å². The predicted octanol–water partition coefficient (Wildman–Crippen LogP) is 7.47. The molecule has 0 rings (SSSR count). The van der Waals surface area contributed by atoms with E-state index >= 15 is 0 Å². The standard InChI is InChI=1S/C20H42/c1-17(2,3)15-19(7,8)13-11-12-14-20(9,10)16-18(4,5)6/h11-16H2,1-10H3. The van der Waals surface area contributed by atoms with E-state index < -0.39 is 0 Å². The molecule has 0 N–H and O–H groups in total. The van der Waals surface area contributed by atoms with Gasteiger partial charge in [0.1, 0.15) is 0 Å². The first-order valence-corrected chi connectivity index (χ1v) is 8.62. The van der Waals surface area contributed by atoms with E-state index in [0.717, 1.165) is 0 Å². The molecule has 0 heteroatoms. The summed E-state index contributed by atoms with van der Waals surface area (Å²) in [6, 6.07) is 0. The van der Waals surface area contributed by atoms with Crippen molar-refractivity contribution in [2.45, 2.75) is 108 Å². The Kier molecular flexibility index (Phi) is 6.84. The van der Waals surface area contributed by atoms with Gasteiger partial charge in [0.05, 0.1) is 0 Å². The van der Waals surface area contributed by atoms with Crippen molar-refractivity contribution in [3.8, 4) is 0 Å². The summed E-state index contributed by atoms with van der Waals surface area (Å²) in [5.41, 5.74) is 1.89. The van der Waals surface area contributed by atoms with Gasteiger partial charge >= 0.3 is 0 Å². The molecule has 0 aliphatic carbocycles. The molecule has 0 spiro atoms. The molecule has 122 valence electrons. The number of hydrogen-bond acceptors (Lipinski definition) is 0. The normalized spacial score (nSPS) is 14.7. The Hall–Kier alpha value is 0. The molecule has 0 aromatic carbocycles. The first-order chi connectivity index (χ1) is 8.62. The van der Waals surface area contributed by atoms with E-state index in [9.17, 15) is 0 Å². The van der Waals surface area contributed by atoms with Crippen LogP contribution in [-0.2, 0) is 0 Å². The van der Waals surface area contributed by atoms with E-state index in [-0.39, 0.29) is 0 Å². The van der Waals surface area contributed by atoms with Gasteiger partial charge in [0.2, 0.25) is 0 Å². The number of unbranched alkanes of at least 4 members (excludes halogenated alkanes) is 1. The summed E-state index contributed by atoms with van der Waals surface area (Å²) in [5, 5.41) is 0. The fraction of sp³-hybridized carbons (Fsp3) is 1.00. The zero-order valence-corrected chi connectivity index (χ0v) is 16.2. The first kappa shape index (κ1) is 20.0. The third-order valence-electron chi connectivity index (χ3n) is 3.97. The lowest BCUT2D eigenvalue weighted by molar-refractivity contribution is 0.174. The van der Waals surface area contributed by atoms with Gasteiger partial charge in [-0.15, -0.1) is 0 Å². The molecule has 0 bridgehead atoms. The van der Waals surface area contributed by atoms with Crippen LogP contribution in [-0.4, -0.2) is 0 Å². The van der Waals surface area contributed by atoms with Gasteiger partial charge in [0.15, 0.2) is 0 Å². The first-order valence-electron chi connectivity index (χ1n) is 8.62. The Labute approximate surface area is 130 Å². The Morgan fingerprint density at radius 3 is 0.900 bits per heavy atom. The maximum atomic E-state index is 2.44. The summed E-state index contributed by atoms with van der Waals surface area (Å²) >= 11 is 0. The molecule has 0 saturated heterocycles. The van der Waals surface area contributed by atoms with Crippen molar-refractivity contribution in [2.75, 3.05) is 0 Å². The van der Waals surface area contributed by atoms with Crippen LogP contribution in [0.3, 0.4) is 0 Å². The number of hydrogen-bond donors (Lipinski definition) is 0. The summed E-state index contributed by atoms with van der Waals surface area (Å²) in [4.78, 5) is 0. The van der Waals surface area contributed by atoms with Crippen LogP contribution in [0.2, 0.25) is 0 Å². The molecule has 0 fully saturated rings. The second kappa shape index (κ2) is 6.84. The summed E-state index contributed by atoms with van der Waals surface area (Å²) in [6.07, 6.45) is 8.16. The highest BCUT2D eigenvalue weighted by Crippen LogP contribution is 2.39. The topological polar surface area (TPSA) is 0 Å². The molecule has 0 amide bonds. The molecule has 0 radical (unpaired) electrons. The monoisotopic (exact) mass is 282 g/mol. The van der Waals surface area contributed by atoms with Crippen LogP contribution < -0.4 is 0 Å². The molecule has 0 nitrogen and oxygen atoms in total. The quantitative estimate of drug-likeness (QED) is 0.425. The molecule has 0 aliphatic rings. The van der Waals surface area contributed by atoms with Gasteiger partial charge < -0.3 is 0 Å². The summed E-state index contributed by atoms with van der Waals surface area (Å²) in [6.45, 7) is 23.9. The van der Waals surface area contributed by atoms with Gasteiger partial charge in [-0.1, -0.05) is 82.1 Å². The van der Waals surface area contributed by atoms with Gasteiger partial charge in [-0.2, -0.15) is 0 Å². The lowest BCUT2D eigenvalue weighted by Gasteiger charge is -2.34. The zero-order chi connectivity index (χ0) is 16.2. The van der Waals surface area contributed by atoms with Gasteiger partial charge in [0, 0.05) is 0 Å². The van der Waals surface area contributed by atoms with Crippen LogP contribution in [0.25, 0.3) is 0 Å². The van der Waals surface area contributed by atoms with Crippen LogP contribution in [0.15, 0.2) is 0 Å². The predicted molar refractivity (Wildman–Crippen MR) is 94.2 cm³/mol. The second-order valence-corrected chi connectivity index (χ2v) is 11.0. The molecular formula is C20H42. The highest BCUT2D eigenvalue weighted by atomic mass is 14.3. The molecule has 0 aliphatic heterocycles. The minimum atomic E-state index is 0.453. The molecule has 0 aromatic rings. The van der Waals surface area contributed by atoms with Gasteiger partial charge in [-0.3, -0.25) is 0 Å². The SMILES string of the molecule is CC(C)(C)CC(C)(C)CCCCC(C)(C)CC(C)(C)C. The fourth-order valence-corrected chi connectivity index (χ4v) is 4.26. The van der Waals surface area contributed by atoms with Crippen LogP contribution in [0.1, 0.15) is 108 Å². The van der Waals surface area contributed by atoms with Crippen LogP contribution in [0, 0.1) is 21.7 Å². The van der Waals surface area contributed by atoms with Crippen LogP contribution in [0.5, 0.6) is 0 Å². The highest BCUT2D eigenvalue weighted by Gasteiger charge is 2.27. The lowest BCUT2D eigenvalue weighted by Crippen LogP contribution is -2.22. The van der Waals surface area contributed by atoms with Crippen LogP contribution >= 0.6 is 0 Å². The van der Waals surface area contributed by atoms with Gasteiger partial charge in [-0.25, -0.2) is 0 Å². The molecule has 20 heavy (non-hydrogen) atoms. The van der Waals surface area contributed by atoms with Crippen molar-refractivity contribution in [1.82, 2.24) is 0 Å². The van der Waals surface area contributed by atoms with E-state index in [1.165, 1.54) is 38.5 Å². The fourth-order valence-electron chi connectivity index (χ4n) is 4.26. The van der Waals surface area contributed by atoms with Crippen molar-refractivity contribution in [3.63, 3.8) is 0 Å². The van der Waals surface area contributed by atoms with Gasteiger partial charge in [-0.05, 0) is 47.3 Å². The Balaban J connectivity index is 4.08. The summed E-state index contributed by atoms with van der Waals surface area (Å²) < 4.78 is 0. The van der Waals surface area contributed by atoms with Gasteiger partial charge in [0.25, 0.3) is 0 Å². The molecule has 0 saturated carbocycles. The number of rotatable bonds is 7. The summed E-state index contributed by atoms with van der Waals surface area (Å²) in [5.74, 6) is 0. The highest BCUT2D eigenvalue weighted by molar-refractivity contribution is 4.78. The van der Waals surface area contributed by atoms with Crippen LogP contribution in [0.4, 0.5) is 0 Å². The van der Waals surface area contributed by atoms with Crippen molar-refractivity contribution in [1.29, 1.82) is 0 Å². The minimum Gasteiger partial charge on any atom is -0.0602 e. The Morgan fingerprint density at radius 2 is 0.700 bits per heavy atom. The average molecular weight is 283 g/mol. The maximum Gasteiger partial charge on any atom is -0.0349 e. The summed E-state index contributed by atoms with van der Waals surface area (Å²) in [7, 11) is 0. The Morgan fingerprint density at radius 1 is 0.450 bits per heavy atom.